The van der Waals surface area contributed by atoms with Crippen molar-refractivity contribution in [1.82, 2.24) is 0 Å². The highest BCUT2D eigenvalue weighted by Gasteiger charge is 2.30. The van der Waals surface area contributed by atoms with Crippen molar-refractivity contribution in [2.45, 2.75) is 431 Å². The van der Waals surface area contributed by atoms with Gasteiger partial charge in [-0.05, 0) is 77.0 Å². The summed E-state index contributed by atoms with van der Waals surface area (Å²) in [5.74, 6) is -2.13. The van der Waals surface area contributed by atoms with Gasteiger partial charge in [0.2, 0.25) is 0 Å². The van der Waals surface area contributed by atoms with E-state index in [0.29, 0.717) is 25.7 Å². The van der Waals surface area contributed by atoms with Gasteiger partial charge < -0.3 is 33.8 Å². The molecule has 0 aliphatic heterocycles. The van der Waals surface area contributed by atoms with E-state index < -0.39 is 97.5 Å². The Morgan fingerprint density at radius 1 is 0.270 bits per heavy atom. The molecule has 0 aliphatic carbocycles. The molecule has 17 nitrogen and oxygen atoms in total. The van der Waals surface area contributed by atoms with Crippen molar-refractivity contribution < 1.29 is 80.2 Å². The summed E-state index contributed by atoms with van der Waals surface area (Å²) in [5.41, 5.74) is 0. The zero-order valence-electron chi connectivity index (χ0n) is 64.7. The van der Waals surface area contributed by atoms with Crippen molar-refractivity contribution in [3.8, 4) is 0 Å². The van der Waals surface area contributed by atoms with E-state index in [1.165, 1.54) is 205 Å². The maximum atomic E-state index is 13.1. The molecule has 2 unspecified atom stereocenters. The van der Waals surface area contributed by atoms with E-state index >= 15 is 0 Å². The lowest BCUT2D eigenvalue weighted by molar-refractivity contribution is -0.161. The quantitative estimate of drug-likeness (QED) is 0.0169. The van der Waals surface area contributed by atoms with Gasteiger partial charge in [0.25, 0.3) is 0 Å². The maximum Gasteiger partial charge on any atom is 0.472 e. The molecule has 3 N–H and O–H groups in total. The predicted molar refractivity (Wildman–Crippen MR) is 409 cm³/mol. The molecule has 0 aliphatic rings. The van der Waals surface area contributed by atoms with E-state index in [1.54, 1.807) is 0 Å². The Morgan fingerprint density at radius 2 is 0.460 bits per heavy atom. The average Bonchev–Trinajstić information content (AvgIpc) is 1.25. The number of carbonyl (C=O) groups excluding carboxylic acids is 4. The van der Waals surface area contributed by atoms with Crippen molar-refractivity contribution in [3.05, 3.63) is 24.3 Å². The van der Waals surface area contributed by atoms with Crippen LogP contribution >= 0.6 is 15.6 Å². The van der Waals surface area contributed by atoms with Crippen LogP contribution in [0.1, 0.15) is 413 Å². The van der Waals surface area contributed by atoms with Crippen LogP contribution in [0.25, 0.3) is 0 Å². The summed E-state index contributed by atoms with van der Waals surface area (Å²) in [5, 5.41) is 10.6. The lowest BCUT2D eigenvalue weighted by atomic mass is 10.0. The fourth-order valence-electron chi connectivity index (χ4n) is 12.0. The summed E-state index contributed by atoms with van der Waals surface area (Å²) < 4.78 is 68.7. The second-order valence-electron chi connectivity index (χ2n) is 28.4. The minimum atomic E-state index is -4.97. The van der Waals surface area contributed by atoms with Gasteiger partial charge in [0.1, 0.15) is 19.3 Å². The zero-order valence-corrected chi connectivity index (χ0v) is 66.5. The molecule has 0 saturated carbocycles. The third kappa shape index (κ3) is 73.8. The third-order valence-corrected chi connectivity index (χ3v) is 20.3. The molecule has 100 heavy (non-hydrogen) atoms. The van der Waals surface area contributed by atoms with Crippen LogP contribution < -0.4 is 0 Å². The minimum absolute atomic E-state index is 0.0990. The smallest absolute Gasteiger partial charge is 0.462 e. The molecule has 19 heteroatoms. The first-order chi connectivity index (χ1) is 48.7. The number of esters is 4. The largest absolute Gasteiger partial charge is 0.472 e. The van der Waals surface area contributed by atoms with Crippen molar-refractivity contribution in [1.29, 1.82) is 0 Å². The molecule has 0 aromatic carbocycles. The Kier molecular flexibility index (Phi) is 73.0. The Balaban J connectivity index is 5.30. The number of phosphoric ester groups is 2. The highest BCUT2D eigenvalue weighted by molar-refractivity contribution is 7.47. The van der Waals surface area contributed by atoms with E-state index in [2.05, 4.69) is 52.0 Å². The van der Waals surface area contributed by atoms with Gasteiger partial charge in [0.05, 0.1) is 26.4 Å². The van der Waals surface area contributed by atoms with Crippen LogP contribution in [-0.4, -0.2) is 96.7 Å². The van der Waals surface area contributed by atoms with Crippen LogP contribution in [0.4, 0.5) is 0 Å². The lowest BCUT2D eigenvalue weighted by Crippen LogP contribution is -2.30. The molecule has 0 saturated heterocycles. The molecule has 0 heterocycles. The third-order valence-electron chi connectivity index (χ3n) is 18.4. The van der Waals surface area contributed by atoms with Gasteiger partial charge >= 0.3 is 39.5 Å². The summed E-state index contributed by atoms with van der Waals surface area (Å²) in [7, 11) is -9.93. The molecule has 0 rings (SSSR count). The molecular weight excluding hydrogens is 1310 g/mol. The van der Waals surface area contributed by atoms with Crippen LogP contribution in [0.15, 0.2) is 24.3 Å². The van der Waals surface area contributed by atoms with Gasteiger partial charge in [-0.3, -0.25) is 37.3 Å². The average molecular weight is 1460 g/mol. The van der Waals surface area contributed by atoms with Crippen molar-refractivity contribution in [2.24, 2.45) is 0 Å². The number of ether oxygens (including phenoxy) is 4. The summed E-state index contributed by atoms with van der Waals surface area (Å²) in [4.78, 5) is 73.1. The van der Waals surface area contributed by atoms with E-state index in [9.17, 15) is 43.2 Å². The number of aliphatic hydroxyl groups excluding tert-OH is 1. The van der Waals surface area contributed by atoms with Gasteiger partial charge in [-0.2, -0.15) is 0 Å². The molecule has 0 amide bonds. The molecule has 590 valence electrons. The second-order valence-corrected chi connectivity index (χ2v) is 31.3. The molecule has 0 fully saturated rings. The fraction of sp³-hybridized carbons (Fsp3) is 0.901. The van der Waals surface area contributed by atoms with Crippen molar-refractivity contribution in [2.75, 3.05) is 39.6 Å². The van der Waals surface area contributed by atoms with E-state index in [0.717, 1.165) is 128 Å². The molecule has 0 spiro atoms. The SMILES string of the molecule is CCCCCC/C=C\CCCCCCCCCC(=O)O[C@H](COC(=O)CCCCCCCCCCCCCCCCC)COP(=O)(O)OCC(O)COP(=O)(O)OC[C@@H](COC(=O)CCCCCCCCCCCCCCCCC)OC(=O)CCCCCCCCC/C=C\CCCCCC. The molecule has 0 aromatic heterocycles. The molecule has 0 radical (unpaired) electrons. The Bertz CT molecular complexity index is 1850. The first kappa shape index (κ1) is 97.5. The predicted octanol–water partition coefficient (Wildman–Crippen LogP) is 24.1. The van der Waals surface area contributed by atoms with Crippen LogP contribution in [0.5, 0.6) is 0 Å². The number of hydrogen-bond donors (Lipinski definition) is 3. The number of allylic oxidation sites excluding steroid dienone is 4. The Labute approximate surface area is 612 Å². The first-order valence-electron chi connectivity index (χ1n) is 41.6. The topological polar surface area (TPSA) is 237 Å². The summed E-state index contributed by atoms with van der Waals surface area (Å²) >= 11 is 0. The van der Waals surface area contributed by atoms with Gasteiger partial charge in [0, 0.05) is 25.7 Å². The van der Waals surface area contributed by atoms with E-state index in [-0.39, 0.29) is 25.7 Å². The highest BCUT2D eigenvalue weighted by atomic mass is 31.2. The highest BCUT2D eigenvalue weighted by Crippen LogP contribution is 2.45. The Morgan fingerprint density at radius 3 is 0.700 bits per heavy atom. The Hall–Kier alpha value is -2.46. The summed E-state index contributed by atoms with van der Waals surface area (Å²) in [6.07, 6.45) is 69.9. The van der Waals surface area contributed by atoms with Crippen LogP contribution in [0.3, 0.4) is 0 Å². The standard InChI is InChI=1S/C81H154O17P2/c1-5-9-13-17-21-25-29-33-37-41-45-49-53-57-61-65-78(83)91-71-76(97-80(85)67-63-59-55-51-47-43-39-35-31-27-23-19-15-11-7-3)73-95-99(87,88)93-69-75(82)70-94-100(89,90)96-74-77(98-81(86)68-64-60-56-52-48-44-40-36-32-28-24-20-16-12-8-4)72-92-79(84)66-62-58-54-50-46-42-38-34-30-26-22-18-14-10-6-2/h27-28,31-32,75-77,82H,5-26,29-30,33-74H2,1-4H3,(H,87,88)(H,89,90)/b31-27-,32-28-/t76-,77-/m1/s1. The van der Waals surface area contributed by atoms with Gasteiger partial charge in [-0.1, -0.05) is 335 Å². The minimum Gasteiger partial charge on any atom is -0.462 e. The van der Waals surface area contributed by atoms with Crippen LogP contribution in [-0.2, 0) is 65.4 Å². The van der Waals surface area contributed by atoms with Gasteiger partial charge in [-0.15, -0.1) is 0 Å². The van der Waals surface area contributed by atoms with Crippen molar-refractivity contribution >= 4 is 39.5 Å². The fourth-order valence-corrected chi connectivity index (χ4v) is 13.6. The van der Waals surface area contributed by atoms with Gasteiger partial charge in [-0.25, -0.2) is 9.13 Å². The second kappa shape index (κ2) is 74.8. The number of carbonyl (C=O) groups is 4. The number of aliphatic hydroxyl groups is 1. The van der Waals surface area contributed by atoms with Crippen molar-refractivity contribution in [3.63, 3.8) is 0 Å². The van der Waals surface area contributed by atoms with Crippen LogP contribution in [0.2, 0.25) is 0 Å². The van der Waals surface area contributed by atoms with Gasteiger partial charge in [0.15, 0.2) is 12.2 Å². The maximum absolute atomic E-state index is 13.1. The molecular formula is C81H154O17P2. The number of unbranched alkanes of at least 4 members (excludes halogenated alkanes) is 50. The monoisotopic (exact) mass is 1460 g/mol. The molecule has 4 atom stereocenters. The van der Waals surface area contributed by atoms with E-state index in [4.69, 9.17) is 37.0 Å². The molecule has 0 bridgehead atoms. The van der Waals surface area contributed by atoms with E-state index in [1.807, 2.05) is 0 Å². The summed E-state index contributed by atoms with van der Waals surface area (Å²) in [6.45, 7) is 4.97. The number of phosphoric acid groups is 2. The van der Waals surface area contributed by atoms with Crippen LogP contribution in [0, 0.1) is 0 Å². The summed E-state index contributed by atoms with van der Waals surface area (Å²) in [6, 6.07) is 0. The zero-order chi connectivity index (χ0) is 73.2. The normalized spacial score (nSPS) is 13.9. The molecule has 0 aromatic rings. The number of hydrogen-bond acceptors (Lipinski definition) is 15. The first-order valence-corrected chi connectivity index (χ1v) is 44.6. The number of rotatable bonds is 80. The lowest BCUT2D eigenvalue weighted by Gasteiger charge is -2.21.